The SMILES string of the molecule is CCCCC(=O)OCCN(C)CCNC(=O)CC[C@@H](C)[C@H]1CC[C@H]2[C@@H]3[C@H](O)[C@H](CC)[C@@H]4C[C@H](O)CC[C@]4(C)[C@H]3CC[C@]12C. The van der Waals surface area contributed by atoms with Crippen LogP contribution in [0.3, 0.4) is 0 Å². The van der Waals surface area contributed by atoms with E-state index in [2.05, 4.69) is 44.8 Å². The van der Waals surface area contributed by atoms with Gasteiger partial charge in [-0.15, -0.1) is 0 Å². The molecule has 43 heavy (non-hydrogen) atoms. The molecular weight excluding hydrogens is 540 g/mol. The highest BCUT2D eigenvalue weighted by Crippen LogP contribution is 2.69. The molecule has 0 aromatic heterocycles. The van der Waals surface area contributed by atoms with Gasteiger partial charge in [-0.25, -0.2) is 0 Å². The van der Waals surface area contributed by atoms with Crippen molar-refractivity contribution in [2.75, 3.05) is 33.3 Å². The maximum Gasteiger partial charge on any atom is 0.305 e. The zero-order chi connectivity index (χ0) is 31.4. The summed E-state index contributed by atoms with van der Waals surface area (Å²) in [6.07, 6.45) is 12.1. The summed E-state index contributed by atoms with van der Waals surface area (Å²) in [4.78, 5) is 26.5. The van der Waals surface area contributed by atoms with E-state index >= 15 is 0 Å². The first-order valence-corrected chi connectivity index (χ1v) is 17.9. The molecular formula is C36H64N2O5. The second kappa shape index (κ2) is 14.9. The Bertz CT molecular complexity index is 929. The van der Waals surface area contributed by atoms with E-state index in [4.69, 9.17) is 4.74 Å². The molecule has 0 unspecified atom stereocenters. The molecule has 3 N–H and O–H groups in total. The minimum atomic E-state index is -0.255. The van der Waals surface area contributed by atoms with Crippen LogP contribution in [-0.4, -0.2) is 72.5 Å². The van der Waals surface area contributed by atoms with Gasteiger partial charge in [0, 0.05) is 32.5 Å². The van der Waals surface area contributed by atoms with Crippen LogP contribution >= 0.6 is 0 Å². The number of aliphatic hydroxyl groups excluding tert-OH is 2. The number of likely N-dealkylation sites (N-methyl/N-ethyl adjacent to an activating group) is 1. The van der Waals surface area contributed by atoms with E-state index in [1.165, 1.54) is 25.7 Å². The molecule has 0 saturated heterocycles. The standard InChI is InChI=1S/C36H64N2O5/c1-7-9-10-32(41)43-22-21-38(6)20-19-37-31(40)14-11-24(3)27-12-13-28-33-29(16-18-35(27,28)4)36(5)17-15-25(39)23-30(36)26(8-2)34(33)42/h24-30,33-34,39,42H,7-23H2,1-6H3,(H,37,40)/t24-,25-,26-,27-,28+,29+,30+,33+,34-,35-,36-/m1/s1. The first kappa shape index (κ1) is 34.7. The van der Waals surface area contributed by atoms with Crippen molar-refractivity contribution < 1.29 is 24.5 Å². The third-order valence-electron chi connectivity index (χ3n) is 13.3. The fraction of sp³-hybridized carbons (Fsp3) is 0.944. The molecule has 0 spiro atoms. The van der Waals surface area contributed by atoms with Crippen LogP contribution in [-0.2, 0) is 14.3 Å². The lowest BCUT2D eigenvalue weighted by molar-refractivity contribution is -0.203. The van der Waals surface area contributed by atoms with Gasteiger partial charge in [0.25, 0.3) is 0 Å². The number of carbonyl (C=O) groups is 2. The number of rotatable bonds is 14. The Morgan fingerprint density at radius 3 is 2.42 bits per heavy atom. The van der Waals surface area contributed by atoms with Crippen molar-refractivity contribution >= 4 is 11.9 Å². The number of esters is 1. The van der Waals surface area contributed by atoms with Crippen molar-refractivity contribution in [3.63, 3.8) is 0 Å². The van der Waals surface area contributed by atoms with Gasteiger partial charge in [-0.05, 0) is 117 Å². The minimum Gasteiger partial charge on any atom is -0.464 e. The van der Waals surface area contributed by atoms with Crippen LogP contribution in [0.15, 0.2) is 0 Å². The number of amides is 1. The molecule has 7 nitrogen and oxygen atoms in total. The van der Waals surface area contributed by atoms with Gasteiger partial charge in [0.05, 0.1) is 12.2 Å². The molecule has 11 atom stereocenters. The Labute approximate surface area is 262 Å². The van der Waals surface area contributed by atoms with Crippen LogP contribution in [0.2, 0.25) is 0 Å². The summed E-state index contributed by atoms with van der Waals surface area (Å²) in [5.74, 6) is 3.31. The zero-order valence-corrected chi connectivity index (χ0v) is 28.3. The summed E-state index contributed by atoms with van der Waals surface area (Å²) >= 11 is 0. The average molecular weight is 605 g/mol. The number of fused-ring (bicyclic) bond motifs is 5. The third-order valence-corrected chi connectivity index (χ3v) is 13.3. The first-order chi connectivity index (χ1) is 20.5. The van der Waals surface area contributed by atoms with Crippen LogP contribution in [0.1, 0.15) is 118 Å². The number of carbonyl (C=O) groups excluding carboxylic acids is 2. The summed E-state index contributed by atoms with van der Waals surface area (Å²) in [6.45, 7) is 14.1. The van der Waals surface area contributed by atoms with Gasteiger partial charge in [-0.1, -0.05) is 47.5 Å². The summed E-state index contributed by atoms with van der Waals surface area (Å²) in [5.41, 5.74) is 0.469. The Hall–Kier alpha value is -1.18. The van der Waals surface area contributed by atoms with Gasteiger partial charge in [-0.3, -0.25) is 9.59 Å². The van der Waals surface area contributed by atoms with Gasteiger partial charge >= 0.3 is 5.97 Å². The van der Waals surface area contributed by atoms with Gasteiger partial charge in [-0.2, -0.15) is 0 Å². The topological polar surface area (TPSA) is 99.1 Å². The Kier molecular flexibility index (Phi) is 12.1. The van der Waals surface area contributed by atoms with Crippen LogP contribution < -0.4 is 5.32 Å². The van der Waals surface area contributed by atoms with Crippen molar-refractivity contribution in [3.05, 3.63) is 0 Å². The zero-order valence-electron chi connectivity index (χ0n) is 28.3. The van der Waals surface area contributed by atoms with Crippen molar-refractivity contribution in [3.8, 4) is 0 Å². The lowest BCUT2D eigenvalue weighted by Crippen LogP contribution is -2.62. The number of unbranched alkanes of at least 4 members (excludes halogenated alkanes) is 1. The lowest BCUT2D eigenvalue weighted by Gasteiger charge is -2.64. The van der Waals surface area contributed by atoms with Crippen LogP contribution in [0.4, 0.5) is 0 Å². The number of nitrogens with one attached hydrogen (secondary N) is 1. The molecule has 1 amide bonds. The van der Waals surface area contributed by atoms with Crippen molar-refractivity contribution in [2.24, 2.45) is 52.3 Å². The van der Waals surface area contributed by atoms with Gasteiger partial charge in [0.2, 0.25) is 5.91 Å². The smallest absolute Gasteiger partial charge is 0.305 e. The van der Waals surface area contributed by atoms with E-state index < -0.39 is 0 Å². The highest BCUT2D eigenvalue weighted by molar-refractivity contribution is 5.75. The fourth-order valence-electron chi connectivity index (χ4n) is 10.8. The highest BCUT2D eigenvalue weighted by Gasteiger charge is 2.64. The largest absolute Gasteiger partial charge is 0.464 e. The molecule has 0 radical (unpaired) electrons. The minimum absolute atomic E-state index is 0.124. The quantitative estimate of drug-likeness (QED) is 0.217. The number of ether oxygens (including phenoxy) is 1. The van der Waals surface area contributed by atoms with Crippen molar-refractivity contribution in [2.45, 2.75) is 130 Å². The summed E-state index contributed by atoms with van der Waals surface area (Å²) in [6, 6.07) is 0. The molecule has 0 aromatic carbocycles. The average Bonchev–Trinajstić information content (AvgIpc) is 3.33. The monoisotopic (exact) mass is 604 g/mol. The molecule has 7 heteroatoms. The second-order valence-corrected chi connectivity index (χ2v) is 15.6. The predicted molar refractivity (Wildman–Crippen MR) is 171 cm³/mol. The molecule has 0 bridgehead atoms. The maximum absolute atomic E-state index is 12.8. The lowest BCUT2D eigenvalue weighted by atomic mass is 9.41. The van der Waals surface area contributed by atoms with Gasteiger partial charge in [0.1, 0.15) is 6.61 Å². The molecule has 4 fully saturated rings. The van der Waals surface area contributed by atoms with Crippen molar-refractivity contribution in [1.82, 2.24) is 10.2 Å². The van der Waals surface area contributed by atoms with E-state index in [1.807, 2.05) is 7.05 Å². The Morgan fingerprint density at radius 2 is 1.70 bits per heavy atom. The molecule has 0 aliphatic heterocycles. The highest BCUT2D eigenvalue weighted by atomic mass is 16.5. The summed E-state index contributed by atoms with van der Waals surface area (Å²) in [5, 5.41) is 25.6. The Balaban J connectivity index is 1.25. The number of aliphatic hydroxyl groups is 2. The fourth-order valence-corrected chi connectivity index (χ4v) is 10.8. The number of hydrogen-bond acceptors (Lipinski definition) is 6. The van der Waals surface area contributed by atoms with Gasteiger partial charge in [0.15, 0.2) is 0 Å². The molecule has 248 valence electrons. The molecule has 4 aliphatic carbocycles. The number of nitrogens with zero attached hydrogens (tertiary/aromatic N) is 1. The summed E-state index contributed by atoms with van der Waals surface area (Å²) in [7, 11) is 1.99. The maximum atomic E-state index is 12.8. The van der Waals surface area contributed by atoms with E-state index in [9.17, 15) is 19.8 Å². The van der Waals surface area contributed by atoms with E-state index in [-0.39, 0.29) is 34.9 Å². The molecule has 4 aliphatic rings. The molecule has 4 saturated carbocycles. The van der Waals surface area contributed by atoms with E-state index in [0.717, 1.165) is 51.5 Å². The molecule has 4 rings (SSSR count). The van der Waals surface area contributed by atoms with E-state index in [0.29, 0.717) is 74.0 Å². The first-order valence-electron chi connectivity index (χ1n) is 17.9. The van der Waals surface area contributed by atoms with Crippen LogP contribution in [0.5, 0.6) is 0 Å². The van der Waals surface area contributed by atoms with Gasteiger partial charge < -0.3 is 25.2 Å². The molecule has 0 heterocycles. The second-order valence-electron chi connectivity index (χ2n) is 15.6. The third kappa shape index (κ3) is 7.46. The normalized spacial score (nSPS) is 39.5. The van der Waals surface area contributed by atoms with Crippen LogP contribution in [0.25, 0.3) is 0 Å². The predicted octanol–water partition coefficient (Wildman–Crippen LogP) is 5.81. The summed E-state index contributed by atoms with van der Waals surface area (Å²) < 4.78 is 5.29. The van der Waals surface area contributed by atoms with Crippen LogP contribution in [0, 0.1) is 52.3 Å². The molecule has 0 aromatic rings. The van der Waals surface area contributed by atoms with Crippen molar-refractivity contribution in [1.29, 1.82) is 0 Å². The Morgan fingerprint density at radius 1 is 0.977 bits per heavy atom. The van der Waals surface area contributed by atoms with E-state index in [1.54, 1.807) is 0 Å². The number of hydrogen-bond donors (Lipinski definition) is 3.